The number of carbonyl (C=O) groups is 2. The molecule has 2 N–H and O–H groups in total. The minimum atomic E-state index is -1.08. The molecular formula is C15H11BrClNO3. The highest BCUT2D eigenvalue weighted by molar-refractivity contribution is 9.10. The fourth-order valence-corrected chi connectivity index (χ4v) is 2.59. The molecule has 0 fully saturated rings. The Kier molecular flexibility index (Phi) is 4.65. The Hall–Kier alpha value is -1.85. The molecule has 0 heterocycles. The molecule has 0 unspecified atom stereocenters. The number of carboxylic acids is 1. The molecule has 0 saturated heterocycles. The van der Waals surface area contributed by atoms with Gasteiger partial charge in [-0.2, -0.15) is 0 Å². The molecule has 0 aliphatic carbocycles. The van der Waals surface area contributed by atoms with E-state index in [4.69, 9.17) is 16.7 Å². The predicted molar refractivity (Wildman–Crippen MR) is 85.2 cm³/mol. The van der Waals surface area contributed by atoms with E-state index in [1.807, 2.05) is 19.1 Å². The summed E-state index contributed by atoms with van der Waals surface area (Å²) in [6.45, 7) is 1.92. The Labute approximate surface area is 134 Å². The van der Waals surface area contributed by atoms with Gasteiger partial charge in [0.15, 0.2) is 0 Å². The molecular weight excluding hydrogens is 358 g/mol. The van der Waals surface area contributed by atoms with Crippen molar-refractivity contribution >= 4 is 45.1 Å². The van der Waals surface area contributed by atoms with Crippen LogP contribution >= 0.6 is 27.5 Å². The van der Waals surface area contributed by atoms with Crippen LogP contribution in [0.1, 0.15) is 26.3 Å². The maximum atomic E-state index is 12.2. The van der Waals surface area contributed by atoms with Crippen LogP contribution in [0, 0.1) is 6.92 Å². The second-order valence-electron chi connectivity index (χ2n) is 4.44. The third-order valence-electron chi connectivity index (χ3n) is 2.83. The number of anilines is 1. The molecule has 0 aromatic heterocycles. The molecule has 0 aliphatic heterocycles. The first-order chi connectivity index (χ1) is 9.88. The number of amides is 1. The maximum Gasteiger partial charge on any atom is 0.335 e. The molecule has 108 valence electrons. The number of halogens is 2. The lowest BCUT2D eigenvalue weighted by Gasteiger charge is -2.10. The van der Waals surface area contributed by atoms with Crippen molar-refractivity contribution in [1.82, 2.24) is 0 Å². The summed E-state index contributed by atoms with van der Waals surface area (Å²) in [5.41, 5.74) is 1.77. The largest absolute Gasteiger partial charge is 0.478 e. The van der Waals surface area contributed by atoms with Crippen molar-refractivity contribution in [2.45, 2.75) is 6.92 Å². The third kappa shape index (κ3) is 3.62. The van der Waals surface area contributed by atoms with E-state index in [9.17, 15) is 9.59 Å². The molecule has 2 aromatic carbocycles. The average molecular weight is 369 g/mol. The second-order valence-corrected chi connectivity index (χ2v) is 5.70. The lowest BCUT2D eigenvalue weighted by atomic mass is 10.1. The van der Waals surface area contributed by atoms with Gasteiger partial charge in [0.2, 0.25) is 0 Å². The molecule has 0 aliphatic rings. The molecule has 0 spiro atoms. The minimum Gasteiger partial charge on any atom is -0.478 e. The highest BCUT2D eigenvalue weighted by Gasteiger charge is 2.13. The topological polar surface area (TPSA) is 66.4 Å². The van der Waals surface area contributed by atoms with E-state index in [2.05, 4.69) is 21.2 Å². The van der Waals surface area contributed by atoms with Crippen LogP contribution in [0.15, 0.2) is 40.9 Å². The summed E-state index contributed by atoms with van der Waals surface area (Å²) < 4.78 is 0.658. The van der Waals surface area contributed by atoms with Crippen LogP contribution in [-0.4, -0.2) is 17.0 Å². The van der Waals surface area contributed by atoms with E-state index in [0.29, 0.717) is 10.0 Å². The van der Waals surface area contributed by atoms with Crippen molar-refractivity contribution < 1.29 is 14.7 Å². The van der Waals surface area contributed by atoms with Crippen molar-refractivity contribution in [2.24, 2.45) is 0 Å². The Bertz CT molecular complexity index is 731. The third-order valence-corrected chi connectivity index (χ3v) is 3.82. The molecule has 4 nitrogen and oxygen atoms in total. The first-order valence-corrected chi connectivity index (χ1v) is 7.16. The monoisotopic (exact) mass is 367 g/mol. The quantitative estimate of drug-likeness (QED) is 0.846. The summed E-state index contributed by atoms with van der Waals surface area (Å²) in [5, 5.41) is 11.9. The van der Waals surface area contributed by atoms with Crippen LogP contribution in [0.5, 0.6) is 0 Å². The first-order valence-electron chi connectivity index (χ1n) is 5.99. The molecule has 0 bridgehead atoms. The summed E-state index contributed by atoms with van der Waals surface area (Å²) >= 11 is 9.31. The SMILES string of the molecule is Cc1ccc(C(=O)Nc2cc(C(=O)O)ccc2Cl)c(Br)c1. The summed E-state index contributed by atoms with van der Waals surface area (Å²) in [6, 6.07) is 9.46. The number of rotatable bonds is 3. The minimum absolute atomic E-state index is 0.0534. The molecule has 2 aromatic rings. The van der Waals surface area contributed by atoms with Crippen LogP contribution in [-0.2, 0) is 0 Å². The van der Waals surface area contributed by atoms with Gasteiger partial charge in [-0.3, -0.25) is 4.79 Å². The number of benzene rings is 2. The van der Waals surface area contributed by atoms with Crippen molar-refractivity contribution in [3.63, 3.8) is 0 Å². The zero-order chi connectivity index (χ0) is 15.6. The van der Waals surface area contributed by atoms with Crippen molar-refractivity contribution in [1.29, 1.82) is 0 Å². The summed E-state index contributed by atoms with van der Waals surface area (Å²) in [7, 11) is 0. The van der Waals surface area contributed by atoms with Crippen molar-refractivity contribution in [2.75, 3.05) is 5.32 Å². The number of carboxylic acid groups (broad SMARTS) is 1. The lowest BCUT2D eigenvalue weighted by molar-refractivity contribution is 0.0696. The molecule has 1 amide bonds. The first kappa shape index (κ1) is 15.5. The highest BCUT2D eigenvalue weighted by atomic mass is 79.9. The molecule has 0 radical (unpaired) electrons. The van der Waals surface area contributed by atoms with Gasteiger partial charge in [0.25, 0.3) is 5.91 Å². The van der Waals surface area contributed by atoms with Crippen molar-refractivity contribution in [3.8, 4) is 0 Å². The fraction of sp³-hybridized carbons (Fsp3) is 0.0667. The van der Waals surface area contributed by atoms with Gasteiger partial charge in [-0.1, -0.05) is 17.7 Å². The van der Waals surface area contributed by atoms with Gasteiger partial charge in [0.05, 0.1) is 21.8 Å². The Balaban J connectivity index is 2.31. The predicted octanol–water partition coefficient (Wildman–Crippen LogP) is 4.36. The number of aromatic carboxylic acids is 1. The summed E-state index contributed by atoms with van der Waals surface area (Å²) in [5.74, 6) is -1.45. The van der Waals surface area contributed by atoms with E-state index < -0.39 is 5.97 Å². The molecule has 0 saturated carbocycles. The van der Waals surface area contributed by atoms with Crippen LogP contribution in [0.4, 0.5) is 5.69 Å². The Morgan fingerprint density at radius 2 is 1.90 bits per heavy atom. The van der Waals surface area contributed by atoms with E-state index in [1.165, 1.54) is 18.2 Å². The normalized spacial score (nSPS) is 10.2. The van der Waals surface area contributed by atoms with Crippen molar-refractivity contribution in [3.05, 3.63) is 62.6 Å². The van der Waals surface area contributed by atoms with Crippen LogP contribution in [0.3, 0.4) is 0 Å². The highest BCUT2D eigenvalue weighted by Crippen LogP contribution is 2.25. The Morgan fingerprint density at radius 1 is 1.19 bits per heavy atom. The molecule has 0 atom stereocenters. The molecule has 2 rings (SSSR count). The van der Waals surface area contributed by atoms with Gasteiger partial charge >= 0.3 is 5.97 Å². The van der Waals surface area contributed by atoms with Crippen LogP contribution < -0.4 is 5.32 Å². The van der Waals surface area contributed by atoms with E-state index in [1.54, 1.807) is 6.07 Å². The molecule has 6 heteroatoms. The van der Waals surface area contributed by atoms with Gasteiger partial charge in [-0.15, -0.1) is 0 Å². The standard InChI is InChI=1S/C15H11BrClNO3/c1-8-2-4-10(11(16)6-8)14(19)18-13-7-9(15(20)21)3-5-12(13)17/h2-7H,1H3,(H,18,19)(H,20,21). The average Bonchev–Trinajstić information content (AvgIpc) is 2.40. The fourth-order valence-electron chi connectivity index (χ4n) is 1.75. The van der Waals surface area contributed by atoms with E-state index in [0.717, 1.165) is 5.56 Å². The number of hydrogen-bond acceptors (Lipinski definition) is 2. The summed E-state index contributed by atoms with van der Waals surface area (Å²) in [4.78, 5) is 23.2. The number of nitrogens with one attached hydrogen (secondary N) is 1. The van der Waals surface area contributed by atoms with Gasteiger partial charge in [0, 0.05) is 4.47 Å². The van der Waals surface area contributed by atoms with Gasteiger partial charge in [-0.25, -0.2) is 4.79 Å². The van der Waals surface area contributed by atoms with Gasteiger partial charge < -0.3 is 10.4 Å². The van der Waals surface area contributed by atoms with Gasteiger partial charge in [0.1, 0.15) is 0 Å². The lowest BCUT2D eigenvalue weighted by Crippen LogP contribution is -2.13. The molecule has 21 heavy (non-hydrogen) atoms. The summed E-state index contributed by atoms with van der Waals surface area (Å²) in [6.07, 6.45) is 0. The maximum absolute atomic E-state index is 12.2. The second kappa shape index (κ2) is 6.28. The zero-order valence-corrected chi connectivity index (χ0v) is 13.3. The zero-order valence-electron chi connectivity index (χ0n) is 11.0. The Morgan fingerprint density at radius 3 is 2.52 bits per heavy atom. The van der Waals surface area contributed by atoms with E-state index in [-0.39, 0.29) is 22.2 Å². The van der Waals surface area contributed by atoms with Crippen LogP contribution in [0.25, 0.3) is 0 Å². The van der Waals surface area contributed by atoms with Gasteiger partial charge in [-0.05, 0) is 58.7 Å². The number of carbonyl (C=O) groups excluding carboxylic acids is 1. The van der Waals surface area contributed by atoms with E-state index >= 15 is 0 Å². The smallest absolute Gasteiger partial charge is 0.335 e. The van der Waals surface area contributed by atoms with Crippen LogP contribution in [0.2, 0.25) is 5.02 Å². The number of aryl methyl sites for hydroxylation is 1. The number of hydrogen-bond donors (Lipinski definition) is 2.